The van der Waals surface area contributed by atoms with Crippen molar-refractivity contribution in [3.05, 3.63) is 68.4 Å². The number of rotatable bonds is 8. The zero-order valence-corrected chi connectivity index (χ0v) is 28.2. The van der Waals surface area contributed by atoms with Crippen LogP contribution in [-0.2, 0) is 9.47 Å². The number of ether oxygens (including phenoxy) is 2. The summed E-state index contributed by atoms with van der Waals surface area (Å²) >= 11 is 14.3. The number of hydrogen-bond acceptors (Lipinski definition) is 10. The molecular weight excluding hydrogens is 722 g/mol. The molecule has 44 heavy (non-hydrogen) atoms. The van der Waals surface area contributed by atoms with Crippen LogP contribution in [0.15, 0.2) is 48.8 Å². The number of nitrogens with zero attached hydrogens (tertiary/aromatic N) is 6. The first kappa shape index (κ1) is 32.6. The molecule has 1 aliphatic rings. The van der Waals surface area contributed by atoms with Crippen molar-refractivity contribution in [3.8, 4) is 11.3 Å². The lowest BCUT2D eigenvalue weighted by Gasteiger charge is -2.18. The topological polar surface area (TPSA) is 143 Å². The third-order valence-corrected chi connectivity index (χ3v) is 7.46. The second-order valence-electron chi connectivity index (χ2n) is 11.5. The van der Waals surface area contributed by atoms with Gasteiger partial charge in [-0.15, -0.1) is 0 Å². The minimum atomic E-state index is -0.859. The molecule has 234 valence electrons. The minimum Gasteiger partial charge on any atom is -0.389 e. The zero-order chi connectivity index (χ0) is 31.6. The quantitative estimate of drug-likeness (QED) is 0.151. The summed E-state index contributed by atoms with van der Waals surface area (Å²) in [6.45, 7) is 8.93. The highest BCUT2D eigenvalue weighted by molar-refractivity contribution is 14.1. The molecule has 0 aliphatic carbocycles. The molecule has 0 unspecified atom stereocenters. The Labute approximate surface area is 277 Å². The molecule has 1 fully saturated rings. The molecule has 15 heteroatoms. The number of fused-ring (bicyclic) bond motifs is 2. The normalized spacial score (nSPS) is 14.2. The summed E-state index contributed by atoms with van der Waals surface area (Å²) in [5, 5.41) is 35.2. The van der Waals surface area contributed by atoms with E-state index in [-0.39, 0.29) is 6.29 Å². The SMILES string of the molecule is CC(C)(O)CNc1cc(Cl)nn2c(-c3ccc(C4OCCO4)cc3)cnc12.CC(C)(O)CNc1cc(Cl)nn2c(I)cnc12. The van der Waals surface area contributed by atoms with E-state index in [2.05, 4.69) is 53.4 Å². The molecule has 0 radical (unpaired) electrons. The molecule has 4 aromatic heterocycles. The van der Waals surface area contributed by atoms with E-state index in [4.69, 9.17) is 32.7 Å². The van der Waals surface area contributed by atoms with Crippen molar-refractivity contribution in [1.29, 1.82) is 0 Å². The predicted octanol–water partition coefficient (Wildman–Crippen LogP) is 5.45. The zero-order valence-electron chi connectivity index (χ0n) is 24.6. The van der Waals surface area contributed by atoms with E-state index in [0.717, 1.165) is 26.2 Å². The molecule has 0 spiro atoms. The van der Waals surface area contributed by atoms with Crippen LogP contribution in [0.25, 0.3) is 22.6 Å². The minimum absolute atomic E-state index is 0.300. The van der Waals surface area contributed by atoms with Crippen LogP contribution >= 0.6 is 45.8 Å². The monoisotopic (exact) mass is 754 g/mol. The number of aromatic nitrogens is 6. The molecule has 0 amide bonds. The molecule has 1 saturated heterocycles. The van der Waals surface area contributed by atoms with Gasteiger partial charge in [0.25, 0.3) is 0 Å². The van der Waals surface area contributed by atoms with Gasteiger partial charge < -0.3 is 30.3 Å². The summed E-state index contributed by atoms with van der Waals surface area (Å²) in [7, 11) is 0. The van der Waals surface area contributed by atoms with Gasteiger partial charge in [0, 0.05) is 36.3 Å². The van der Waals surface area contributed by atoms with Crippen LogP contribution in [0.2, 0.25) is 10.3 Å². The van der Waals surface area contributed by atoms with E-state index in [0.29, 0.717) is 53.6 Å². The van der Waals surface area contributed by atoms with Crippen LogP contribution in [0.3, 0.4) is 0 Å². The van der Waals surface area contributed by atoms with Crippen molar-refractivity contribution >= 4 is 68.5 Å². The second kappa shape index (κ2) is 13.3. The summed E-state index contributed by atoms with van der Waals surface area (Å²) in [6.07, 6.45) is 3.17. The summed E-state index contributed by atoms with van der Waals surface area (Å²) in [5.41, 5.74) is 3.90. The maximum absolute atomic E-state index is 9.96. The van der Waals surface area contributed by atoms with E-state index in [9.17, 15) is 10.2 Å². The van der Waals surface area contributed by atoms with Crippen molar-refractivity contribution in [2.75, 3.05) is 36.9 Å². The maximum atomic E-state index is 9.96. The first-order chi connectivity index (χ1) is 20.8. The Balaban J connectivity index is 0.000000195. The number of nitrogens with one attached hydrogen (secondary N) is 2. The number of halogens is 3. The van der Waals surface area contributed by atoms with Gasteiger partial charge in [-0.25, -0.2) is 19.0 Å². The lowest BCUT2D eigenvalue weighted by Crippen LogP contribution is -2.29. The first-order valence-electron chi connectivity index (χ1n) is 13.8. The lowest BCUT2D eigenvalue weighted by molar-refractivity contribution is -0.0441. The van der Waals surface area contributed by atoms with Crippen LogP contribution in [-0.4, -0.2) is 76.9 Å². The fraction of sp³-hybridized carbons (Fsp3) is 0.379. The summed E-state index contributed by atoms with van der Waals surface area (Å²) in [4.78, 5) is 8.74. The first-order valence-corrected chi connectivity index (χ1v) is 15.6. The largest absolute Gasteiger partial charge is 0.389 e. The Morgan fingerprint density at radius 3 is 1.89 bits per heavy atom. The van der Waals surface area contributed by atoms with Gasteiger partial charge in [0.2, 0.25) is 0 Å². The standard InChI is InChI=1S/C19H21ClN4O3.C10H12ClIN4O/c1-19(2,25)11-22-14-9-16(20)23-24-15(10-21-17(14)24)12-3-5-13(6-4-12)18-26-7-8-27-18;1-10(2,17)5-14-6-3-7(11)15-16-8(12)4-13-9(6)16/h3-6,9-10,18,22,25H,7-8,11H2,1-2H3;3-4,14,17H,5H2,1-2H3. The molecule has 1 aliphatic heterocycles. The summed E-state index contributed by atoms with van der Waals surface area (Å²) in [6, 6.07) is 11.3. The van der Waals surface area contributed by atoms with E-state index >= 15 is 0 Å². The highest BCUT2D eigenvalue weighted by Gasteiger charge is 2.20. The van der Waals surface area contributed by atoms with Crippen molar-refractivity contribution in [1.82, 2.24) is 29.2 Å². The van der Waals surface area contributed by atoms with Gasteiger partial charge in [0.05, 0.1) is 53.9 Å². The highest BCUT2D eigenvalue weighted by atomic mass is 127. The number of aliphatic hydroxyl groups is 2. The number of anilines is 2. The number of imidazole rings is 2. The van der Waals surface area contributed by atoms with Crippen LogP contribution in [0.1, 0.15) is 39.5 Å². The van der Waals surface area contributed by atoms with Crippen LogP contribution in [0.4, 0.5) is 11.4 Å². The van der Waals surface area contributed by atoms with Crippen molar-refractivity contribution in [2.24, 2.45) is 0 Å². The molecular formula is C29H33Cl2IN8O4. The number of hydrogen-bond donors (Lipinski definition) is 4. The Bertz CT molecular complexity index is 1740. The van der Waals surface area contributed by atoms with Crippen LogP contribution in [0, 0.1) is 3.70 Å². The predicted molar refractivity (Wildman–Crippen MR) is 178 cm³/mol. The van der Waals surface area contributed by atoms with Gasteiger partial charge in [-0.3, -0.25) is 0 Å². The van der Waals surface area contributed by atoms with Crippen molar-refractivity contribution < 1.29 is 19.7 Å². The Morgan fingerprint density at radius 2 is 1.34 bits per heavy atom. The molecule has 0 saturated carbocycles. The van der Waals surface area contributed by atoms with Crippen LogP contribution in [0.5, 0.6) is 0 Å². The molecule has 4 N–H and O–H groups in total. The fourth-order valence-electron chi connectivity index (χ4n) is 4.29. The van der Waals surface area contributed by atoms with Gasteiger partial charge in [-0.05, 0) is 50.3 Å². The van der Waals surface area contributed by atoms with E-state index < -0.39 is 11.2 Å². The van der Waals surface area contributed by atoms with Gasteiger partial charge >= 0.3 is 0 Å². The van der Waals surface area contributed by atoms with E-state index in [1.165, 1.54) is 0 Å². The summed E-state index contributed by atoms with van der Waals surface area (Å²) in [5.74, 6) is 0. The Kier molecular flexibility index (Phi) is 9.84. The molecule has 0 bridgehead atoms. The molecule has 0 atom stereocenters. The van der Waals surface area contributed by atoms with Gasteiger partial charge in [-0.1, -0.05) is 47.5 Å². The average Bonchev–Trinajstić information content (AvgIpc) is 3.71. The van der Waals surface area contributed by atoms with Gasteiger partial charge in [0.1, 0.15) is 3.70 Å². The van der Waals surface area contributed by atoms with Gasteiger partial charge in [-0.2, -0.15) is 10.2 Å². The Morgan fingerprint density at radius 1 is 0.841 bits per heavy atom. The number of benzene rings is 1. The molecule has 12 nitrogen and oxygen atoms in total. The molecule has 6 rings (SSSR count). The molecule has 5 aromatic rings. The lowest BCUT2D eigenvalue weighted by atomic mass is 10.1. The average molecular weight is 755 g/mol. The van der Waals surface area contributed by atoms with Crippen LogP contribution < -0.4 is 10.6 Å². The summed E-state index contributed by atoms with van der Waals surface area (Å²) < 4.78 is 15.3. The molecule has 5 heterocycles. The third-order valence-electron chi connectivity index (χ3n) is 6.36. The Hall–Kier alpha value is -2.79. The fourth-order valence-corrected chi connectivity index (χ4v) is 5.14. The van der Waals surface area contributed by atoms with Gasteiger partial charge in [0.15, 0.2) is 27.9 Å². The highest BCUT2D eigenvalue weighted by Crippen LogP contribution is 2.29. The van der Waals surface area contributed by atoms with Crippen molar-refractivity contribution in [2.45, 2.75) is 45.2 Å². The smallest absolute Gasteiger partial charge is 0.184 e. The van der Waals surface area contributed by atoms with Crippen molar-refractivity contribution in [3.63, 3.8) is 0 Å². The third kappa shape index (κ3) is 8.07. The van der Waals surface area contributed by atoms with E-state index in [1.54, 1.807) is 61.3 Å². The molecule has 1 aromatic carbocycles. The second-order valence-corrected chi connectivity index (χ2v) is 13.4. The maximum Gasteiger partial charge on any atom is 0.184 e. The van der Waals surface area contributed by atoms with E-state index in [1.807, 2.05) is 24.3 Å².